The molecule has 0 aliphatic carbocycles. The number of carbonyl (C=O) groups excluding carboxylic acids is 1. The van der Waals surface area contributed by atoms with Crippen LogP contribution in [0.5, 0.6) is 0 Å². The summed E-state index contributed by atoms with van der Waals surface area (Å²) < 4.78 is 0. The minimum absolute atomic E-state index is 0.0183. The molecule has 1 aromatic heterocycles. The van der Waals surface area contributed by atoms with Gasteiger partial charge in [-0.3, -0.25) is 9.78 Å². The third kappa shape index (κ3) is 4.22. The first-order valence-electron chi connectivity index (χ1n) is 7.68. The Labute approximate surface area is 122 Å². The summed E-state index contributed by atoms with van der Waals surface area (Å²) >= 11 is 0. The molecule has 0 aliphatic heterocycles. The highest BCUT2D eigenvalue weighted by atomic mass is 16.2. The van der Waals surface area contributed by atoms with Gasteiger partial charge in [0.25, 0.3) is 5.91 Å². The first-order valence-corrected chi connectivity index (χ1v) is 7.68. The van der Waals surface area contributed by atoms with E-state index in [4.69, 9.17) is 0 Å². The highest BCUT2D eigenvalue weighted by Gasteiger charge is 2.15. The topological polar surface area (TPSA) is 36.4 Å². The highest BCUT2D eigenvalue weighted by Crippen LogP contribution is 2.16. The first-order chi connectivity index (χ1) is 9.67. The van der Waals surface area contributed by atoms with E-state index in [1.165, 1.54) is 0 Å². The molecule has 1 rings (SSSR count). The summed E-state index contributed by atoms with van der Waals surface area (Å²) in [6, 6.07) is 3.91. The fourth-order valence-corrected chi connectivity index (χ4v) is 2.32. The zero-order chi connectivity index (χ0) is 15.0. The van der Waals surface area contributed by atoms with Crippen LogP contribution in [0.25, 0.3) is 0 Å². The van der Waals surface area contributed by atoms with Crippen LogP contribution in [-0.4, -0.2) is 42.0 Å². The monoisotopic (exact) mass is 277 g/mol. The quantitative estimate of drug-likeness (QED) is 0.732. The number of rotatable bonds is 8. The van der Waals surface area contributed by atoms with Gasteiger partial charge in [0.2, 0.25) is 0 Å². The maximum atomic E-state index is 12.3. The lowest BCUT2D eigenvalue weighted by Gasteiger charge is -2.24. The van der Waals surface area contributed by atoms with E-state index < -0.39 is 0 Å². The summed E-state index contributed by atoms with van der Waals surface area (Å²) in [5.74, 6) is 0.0183. The number of carbonyl (C=O) groups is 1. The van der Waals surface area contributed by atoms with E-state index >= 15 is 0 Å². The molecule has 4 heteroatoms. The predicted octanol–water partition coefficient (Wildman–Crippen LogP) is 3.19. The van der Waals surface area contributed by atoms with Crippen molar-refractivity contribution in [2.24, 2.45) is 0 Å². The van der Waals surface area contributed by atoms with Crippen LogP contribution in [0.15, 0.2) is 18.3 Å². The van der Waals surface area contributed by atoms with Gasteiger partial charge in [-0.05, 0) is 38.8 Å². The molecule has 0 unspecified atom stereocenters. The molecule has 1 amide bonds. The summed E-state index contributed by atoms with van der Waals surface area (Å²) in [7, 11) is 0. The SMILES string of the molecule is CCCN(CCC)c1ccnc(C(=O)N(CC)CC)c1. The van der Waals surface area contributed by atoms with E-state index in [1.54, 1.807) is 11.1 Å². The van der Waals surface area contributed by atoms with Crippen molar-refractivity contribution in [3.05, 3.63) is 24.0 Å². The largest absolute Gasteiger partial charge is 0.371 e. The maximum Gasteiger partial charge on any atom is 0.272 e. The average Bonchev–Trinajstić information content (AvgIpc) is 2.48. The third-order valence-corrected chi connectivity index (χ3v) is 3.37. The van der Waals surface area contributed by atoms with E-state index in [-0.39, 0.29) is 5.91 Å². The fraction of sp³-hybridized carbons (Fsp3) is 0.625. The van der Waals surface area contributed by atoms with E-state index in [0.717, 1.165) is 44.7 Å². The van der Waals surface area contributed by atoms with Crippen molar-refractivity contribution in [3.8, 4) is 0 Å². The van der Waals surface area contributed by atoms with Gasteiger partial charge in [0.05, 0.1) is 0 Å². The van der Waals surface area contributed by atoms with Gasteiger partial charge < -0.3 is 9.80 Å². The zero-order valence-electron chi connectivity index (χ0n) is 13.2. The molecule has 4 nitrogen and oxygen atoms in total. The van der Waals surface area contributed by atoms with E-state index in [9.17, 15) is 4.79 Å². The van der Waals surface area contributed by atoms with Gasteiger partial charge in [-0.25, -0.2) is 0 Å². The van der Waals surface area contributed by atoms with Gasteiger partial charge in [-0.2, -0.15) is 0 Å². The Balaban J connectivity index is 2.96. The Morgan fingerprint density at radius 3 is 2.20 bits per heavy atom. The van der Waals surface area contributed by atoms with Crippen molar-refractivity contribution in [1.29, 1.82) is 0 Å². The van der Waals surface area contributed by atoms with Crippen molar-refractivity contribution >= 4 is 11.6 Å². The molecular weight excluding hydrogens is 250 g/mol. The summed E-state index contributed by atoms with van der Waals surface area (Å²) in [5, 5.41) is 0. The summed E-state index contributed by atoms with van der Waals surface area (Å²) in [6.45, 7) is 11.8. The lowest BCUT2D eigenvalue weighted by molar-refractivity contribution is 0.0767. The molecule has 0 bridgehead atoms. The second-order valence-corrected chi connectivity index (χ2v) is 4.86. The molecule has 0 N–H and O–H groups in total. The molecule has 0 aliphatic rings. The molecule has 0 spiro atoms. The number of nitrogens with zero attached hydrogens (tertiary/aromatic N) is 3. The van der Waals surface area contributed by atoms with Crippen molar-refractivity contribution in [3.63, 3.8) is 0 Å². The maximum absolute atomic E-state index is 12.3. The Hall–Kier alpha value is -1.58. The number of amides is 1. The second kappa shape index (κ2) is 8.56. The Kier molecular flexibility index (Phi) is 7.05. The number of hydrogen-bond donors (Lipinski definition) is 0. The van der Waals surface area contributed by atoms with Crippen LogP contribution in [0, 0.1) is 0 Å². The minimum atomic E-state index is 0.0183. The molecule has 0 saturated carbocycles. The molecule has 0 aromatic carbocycles. The molecule has 0 atom stereocenters. The van der Waals surface area contributed by atoms with Gasteiger partial charge in [0.1, 0.15) is 5.69 Å². The molecule has 1 heterocycles. The smallest absolute Gasteiger partial charge is 0.272 e. The zero-order valence-corrected chi connectivity index (χ0v) is 13.2. The van der Waals surface area contributed by atoms with E-state index in [2.05, 4.69) is 23.7 Å². The fourth-order valence-electron chi connectivity index (χ4n) is 2.32. The Bertz CT molecular complexity index is 410. The lowest BCUT2D eigenvalue weighted by Crippen LogP contribution is -2.31. The van der Waals surface area contributed by atoms with Gasteiger partial charge >= 0.3 is 0 Å². The first kappa shape index (κ1) is 16.5. The van der Waals surface area contributed by atoms with Crippen molar-refractivity contribution in [2.45, 2.75) is 40.5 Å². The van der Waals surface area contributed by atoms with Crippen LogP contribution in [0.2, 0.25) is 0 Å². The Morgan fingerprint density at radius 1 is 1.10 bits per heavy atom. The normalized spacial score (nSPS) is 10.4. The highest BCUT2D eigenvalue weighted by molar-refractivity contribution is 5.93. The predicted molar refractivity (Wildman–Crippen MR) is 84.3 cm³/mol. The standard InChI is InChI=1S/C16H27N3O/c1-5-11-19(12-6-2)14-9-10-17-15(13-14)16(20)18(7-3)8-4/h9-10,13H,5-8,11-12H2,1-4H3. The van der Waals surface area contributed by atoms with Crippen molar-refractivity contribution in [2.75, 3.05) is 31.1 Å². The van der Waals surface area contributed by atoms with Crippen LogP contribution < -0.4 is 4.90 Å². The third-order valence-electron chi connectivity index (χ3n) is 3.37. The van der Waals surface area contributed by atoms with Crippen LogP contribution in [-0.2, 0) is 0 Å². The molecule has 112 valence electrons. The molecule has 0 radical (unpaired) electrons. The van der Waals surface area contributed by atoms with Crippen molar-refractivity contribution in [1.82, 2.24) is 9.88 Å². The molecule has 0 saturated heterocycles. The van der Waals surface area contributed by atoms with E-state index in [0.29, 0.717) is 5.69 Å². The molecular formula is C16H27N3O. The van der Waals surface area contributed by atoms with Gasteiger partial charge in [-0.15, -0.1) is 0 Å². The van der Waals surface area contributed by atoms with Crippen LogP contribution in [0.4, 0.5) is 5.69 Å². The molecule has 20 heavy (non-hydrogen) atoms. The summed E-state index contributed by atoms with van der Waals surface area (Å²) in [4.78, 5) is 20.7. The minimum Gasteiger partial charge on any atom is -0.371 e. The van der Waals surface area contributed by atoms with Crippen LogP contribution in [0.3, 0.4) is 0 Å². The van der Waals surface area contributed by atoms with E-state index in [1.807, 2.05) is 26.0 Å². The molecule has 1 aromatic rings. The van der Waals surface area contributed by atoms with Crippen molar-refractivity contribution < 1.29 is 4.79 Å². The number of aromatic nitrogens is 1. The summed E-state index contributed by atoms with van der Waals surface area (Å²) in [5.41, 5.74) is 1.64. The molecule has 0 fully saturated rings. The van der Waals surface area contributed by atoms with Crippen LogP contribution >= 0.6 is 0 Å². The lowest BCUT2D eigenvalue weighted by atomic mass is 10.2. The van der Waals surface area contributed by atoms with Gasteiger partial charge in [0, 0.05) is 38.1 Å². The van der Waals surface area contributed by atoms with Gasteiger partial charge in [-0.1, -0.05) is 13.8 Å². The number of anilines is 1. The second-order valence-electron chi connectivity index (χ2n) is 4.86. The Morgan fingerprint density at radius 2 is 1.70 bits per heavy atom. The summed E-state index contributed by atoms with van der Waals surface area (Å²) in [6.07, 6.45) is 3.94. The average molecular weight is 277 g/mol. The number of pyridine rings is 1. The number of hydrogen-bond acceptors (Lipinski definition) is 3. The van der Waals surface area contributed by atoms with Gasteiger partial charge in [0.15, 0.2) is 0 Å². The van der Waals surface area contributed by atoms with Crippen LogP contribution in [0.1, 0.15) is 51.0 Å².